The van der Waals surface area contributed by atoms with Gasteiger partial charge in [-0.15, -0.1) is 0 Å². The standard InChI is InChI=1S/C29H43N11O5/c30-10-4-3-7-20(31)25(41)39-23(13-18-15-34-16-37-18)27(43)38-22(9-5-11-35-29(32)33)26(42)40-24(28(44)45)12-17-14-36-21-8-2-1-6-19(17)21/h1-2,6,8,14-16,20,22-24,36H,3-5,7,9-13,30-31H2,(H,34,37)(H,38,43)(H,39,41)(H,40,42)(H,44,45)(H4,32,33,35). The first kappa shape index (κ1) is 34.5. The van der Waals surface area contributed by atoms with Gasteiger partial charge in [-0.2, -0.15) is 0 Å². The average Bonchev–Trinajstić information content (AvgIpc) is 3.67. The number of para-hydroxylation sites is 1. The van der Waals surface area contributed by atoms with Crippen LogP contribution in [0.15, 0.2) is 48.0 Å². The number of aromatic amines is 2. The molecule has 0 aliphatic carbocycles. The fourth-order valence-electron chi connectivity index (χ4n) is 4.78. The highest BCUT2D eigenvalue weighted by Crippen LogP contribution is 2.19. The number of H-pyrrole nitrogens is 2. The lowest BCUT2D eigenvalue weighted by Gasteiger charge is -2.25. The van der Waals surface area contributed by atoms with Gasteiger partial charge in [0.25, 0.3) is 0 Å². The van der Waals surface area contributed by atoms with E-state index >= 15 is 0 Å². The highest BCUT2D eigenvalue weighted by molar-refractivity contribution is 5.94. The lowest BCUT2D eigenvalue weighted by molar-refractivity contribution is -0.142. The molecule has 4 unspecified atom stereocenters. The molecule has 0 saturated carbocycles. The Balaban J connectivity index is 1.77. The largest absolute Gasteiger partial charge is 0.480 e. The Hall–Kier alpha value is -4.96. The maximum atomic E-state index is 13.6. The predicted molar refractivity (Wildman–Crippen MR) is 169 cm³/mol. The fraction of sp³-hybridized carbons (Fsp3) is 0.448. The van der Waals surface area contributed by atoms with E-state index in [1.54, 1.807) is 6.20 Å². The number of nitrogens with zero attached hydrogens (tertiary/aromatic N) is 2. The van der Waals surface area contributed by atoms with E-state index in [4.69, 9.17) is 22.9 Å². The van der Waals surface area contributed by atoms with Gasteiger partial charge in [-0.05, 0) is 43.9 Å². The number of carboxylic acids is 1. The number of imidazole rings is 1. The molecule has 16 nitrogen and oxygen atoms in total. The van der Waals surface area contributed by atoms with E-state index in [2.05, 4.69) is 35.9 Å². The molecule has 3 amide bonds. The number of carbonyl (C=O) groups is 4. The van der Waals surface area contributed by atoms with E-state index in [0.717, 1.165) is 10.9 Å². The van der Waals surface area contributed by atoms with Crippen molar-refractivity contribution in [1.29, 1.82) is 0 Å². The zero-order valence-corrected chi connectivity index (χ0v) is 25.0. The van der Waals surface area contributed by atoms with Crippen LogP contribution >= 0.6 is 0 Å². The Morgan fingerprint density at radius 2 is 1.60 bits per heavy atom. The molecule has 0 fully saturated rings. The molecule has 45 heavy (non-hydrogen) atoms. The molecule has 0 aliphatic rings. The van der Waals surface area contributed by atoms with E-state index in [1.165, 1.54) is 12.5 Å². The molecule has 244 valence electrons. The zero-order chi connectivity index (χ0) is 32.8. The second kappa shape index (κ2) is 17.4. The second-order valence-electron chi connectivity index (χ2n) is 10.7. The number of nitrogens with two attached hydrogens (primary N) is 4. The summed E-state index contributed by atoms with van der Waals surface area (Å²) in [7, 11) is 0. The van der Waals surface area contributed by atoms with Crippen LogP contribution < -0.4 is 38.9 Å². The molecule has 3 rings (SSSR count). The Morgan fingerprint density at radius 3 is 2.29 bits per heavy atom. The van der Waals surface area contributed by atoms with Gasteiger partial charge in [-0.1, -0.05) is 24.6 Å². The minimum atomic E-state index is -1.29. The number of hydrogen-bond donors (Lipinski definition) is 10. The van der Waals surface area contributed by atoms with Crippen LogP contribution in [0.5, 0.6) is 0 Å². The van der Waals surface area contributed by atoms with E-state index in [-0.39, 0.29) is 31.8 Å². The number of guanidine groups is 1. The Labute approximate surface area is 260 Å². The smallest absolute Gasteiger partial charge is 0.326 e. The van der Waals surface area contributed by atoms with E-state index in [0.29, 0.717) is 43.5 Å². The van der Waals surface area contributed by atoms with Crippen molar-refractivity contribution in [2.75, 3.05) is 13.1 Å². The molecule has 2 heterocycles. The number of nitrogens with one attached hydrogen (secondary N) is 5. The number of rotatable bonds is 19. The van der Waals surface area contributed by atoms with Crippen molar-refractivity contribution >= 4 is 40.6 Å². The highest BCUT2D eigenvalue weighted by atomic mass is 16.4. The van der Waals surface area contributed by atoms with Gasteiger partial charge in [0.15, 0.2) is 5.96 Å². The van der Waals surface area contributed by atoms with Crippen LogP contribution in [0.3, 0.4) is 0 Å². The number of carboxylic acid groups (broad SMARTS) is 1. The third kappa shape index (κ3) is 10.9. The minimum absolute atomic E-state index is 0.000302. The SMILES string of the molecule is NCCCCC(N)C(=O)NC(Cc1cnc[nH]1)C(=O)NC(CCCN=C(N)N)C(=O)NC(Cc1c[nH]c2ccccc12)C(=O)O. The van der Waals surface area contributed by atoms with Gasteiger partial charge in [0.05, 0.1) is 12.4 Å². The number of benzene rings is 1. The van der Waals surface area contributed by atoms with Gasteiger partial charge in [0, 0.05) is 48.4 Å². The molecular weight excluding hydrogens is 582 g/mol. The van der Waals surface area contributed by atoms with Crippen LogP contribution in [0.2, 0.25) is 0 Å². The molecule has 0 spiro atoms. The van der Waals surface area contributed by atoms with Crippen molar-refractivity contribution in [3.8, 4) is 0 Å². The average molecular weight is 626 g/mol. The van der Waals surface area contributed by atoms with Crippen LogP contribution in [0.4, 0.5) is 0 Å². The van der Waals surface area contributed by atoms with Gasteiger partial charge >= 0.3 is 5.97 Å². The van der Waals surface area contributed by atoms with Gasteiger partial charge in [0.2, 0.25) is 17.7 Å². The first-order valence-electron chi connectivity index (χ1n) is 14.8. The summed E-state index contributed by atoms with van der Waals surface area (Å²) in [4.78, 5) is 66.1. The number of aliphatic imine (C=N–C) groups is 1. The molecular formula is C29H43N11O5. The third-order valence-corrected chi connectivity index (χ3v) is 7.21. The monoisotopic (exact) mass is 625 g/mol. The summed E-state index contributed by atoms with van der Waals surface area (Å²) in [6.45, 7) is 0.641. The zero-order valence-electron chi connectivity index (χ0n) is 25.0. The van der Waals surface area contributed by atoms with Crippen molar-refractivity contribution in [3.05, 3.63) is 54.2 Å². The minimum Gasteiger partial charge on any atom is -0.480 e. The first-order chi connectivity index (χ1) is 21.6. The lowest BCUT2D eigenvalue weighted by Crippen LogP contribution is -2.57. The lowest BCUT2D eigenvalue weighted by atomic mass is 10.0. The van der Waals surface area contributed by atoms with Crippen LogP contribution in [-0.4, -0.2) is 87.0 Å². The van der Waals surface area contributed by atoms with Crippen molar-refractivity contribution in [1.82, 2.24) is 30.9 Å². The van der Waals surface area contributed by atoms with E-state index in [9.17, 15) is 24.3 Å². The summed E-state index contributed by atoms with van der Waals surface area (Å²) < 4.78 is 0. The number of unbranched alkanes of at least 4 members (excludes halogenated alkanes) is 1. The van der Waals surface area contributed by atoms with Gasteiger partial charge in [-0.25, -0.2) is 9.78 Å². The second-order valence-corrected chi connectivity index (χ2v) is 10.7. The maximum Gasteiger partial charge on any atom is 0.326 e. The van der Waals surface area contributed by atoms with E-state index < -0.39 is 47.9 Å². The topological polar surface area (TPSA) is 286 Å². The normalized spacial score (nSPS) is 13.7. The molecule has 2 aromatic heterocycles. The van der Waals surface area contributed by atoms with Crippen LogP contribution in [-0.2, 0) is 32.0 Å². The molecule has 14 N–H and O–H groups in total. The molecule has 0 bridgehead atoms. The van der Waals surface area contributed by atoms with Gasteiger partial charge < -0.3 is 54.0 Å². The molecule has 3 aromatic rings. The number of fused-ring (bicyclic) bond motifs is 1. The third-order valence-electron chi connectivity index (χ3n) is 7.21. The molecule has 4 atom stereocenters. The summed E-state index contributed by atoms with van der Waals surface area (Å²) in [5, 5.41) is 18.7. The Morgan fingerprint density at radius 1 is 0.889 bits per heavy atom. The maximum absolute atomic E-state index is 13.6. The number of amides is 3. The molecule has 0 saturated heterocycles. The summed E-state index contributed by atoms with van der Waals surface area (Å²) in [5.74, 6) is -3.30. The highest BCUT2D eigenvalue weighted by Gasteiger charge is 2.31. The van der Waals surface area contributed by atoms with Crippen LogP contribution in [0, 0.1) is 0 Å². The fourth-order valence-corrected chi connectivity index (χ4v) is 4.78. The van der Waals surface area contributed by atoms with Crippen LogP contribution in [0.25, 0.3) is 10.9 Å². The predicted octanol–water partition coefficient (Wildman–Crippen LogP) is -1.27. The van der Waals surface area contributed by atoms with Crippen molar-refractivity contribution in [2.24, 2.45) is 27.9 Å². The summed E-state index contributed by atoms with van der Waals surface area (Å²) >= 11 is 0. The number of carbonyl (C=O) groups excluding carboxylic acids is 3. The van der Waals surface area contributed by atoms with Crippen molar-refractivity contribution in [2.45, 2.75) is 69.1 Å². The Bertz CT molecular complexity index is 1440. The van der Waals surface area contributed by atoms with Crippen LogP contribution in [0.1, 0.15) is 43.4 Å². The number of aliphatic carboxylic acids is 1. The molecule has 1 aromatic carbocycles. The quantitative estimate of drug-likeness (QED) is 0.0428. The van der Waals surface area contributed by atoms with E-state index in [1.807, 2.05) is 24.3 Å². The van der Waals surface area contributed by atoms with Gasteiger partial charge in [0.1, 0.15) is 18.1 Å². The number of hydrogen-bond acceptors (Lipinski definition) is 8. The van der Waals surface area contributed by atoms with Gasteiger partial charge in [-0.3, -0.25) is 19.4 Å². The number of aromatic nitrogens is 3. The Kier molecular flexibility index (Phi) is 13.3. The summed E-state index contributed by atoms with van der Waals surface area (Å²) in [6, 6.07) is 2.96. The summed E-state index contributed by atoms with van der Waals surface area (Å²) in [5.41, 5.74) is 24.5. The molecule has 0 aliphatic heterocycles. The first-order valence-corrected chi connectivity index (χ1v) is 14.8. The molecule has 0 radical (unpaired) electrons. The molecule has 16 heteroatoms. The summed E-state index contributed by atoms with van der Waals surface area (Å²) in [6.07, 6.45) is 6.77. The van der Waals surface area contributed by atoms with Crippen molar-refractivity contribution < 1.29 is 24.3 Å². The van der Waals surface area contributed by atoms with Crippen molar-refractivity contribution in [3.63, 3.8) is 0 Å².